The van der Waals surface area contributed by atoms with Gasteiger partial charge in [-0.05, 0) is 55.3 Å². The van der Waals surface area contributed by atoms with Crippen LogP contribution in [0, 0.1) is 11.6 Å². The first-order valence-corrected chi connectivity index (χ1v) is 11.3. The number of methoxy groups -OCH3 is 1. The van der Waals surface area contributed by atoms with Crippen molar-refractivity contribution in [3.63, 3.8) is 0 Å². The molecule has 186 valence electrons. The Morgan fingerprint density at radius 3 is 2.53 bits per heavy atom. The van der Waals surface area contributed by atoms with Crippen LogP contribution in [0.3, 0.4) is 0 Å². The number of nitrogens with zero attached hydrogens (tertiary/aromatic N) is 5. The number of aliphatic hydroxyl groups is 1. The normalized spacial score (nSPS) is 15.3. The zero-order chi connectivity index (χ0) is 25.4. The summed E-state index contributed by atoms with van der Waals surface area (Å²) in [5.74, 6) is -1.30. The Hall–Kier alpha value is -4.12. The van der Waals surface area contributed by atoms with Crippen molar-refractivity contribution in [2.75, 3.05) is 20.2 Å². The van der Waals surface area contributed by atoms with E-state index in [-0.39, 0.29) is 66.5 Å². The average molecular weight is 495 g/mol. The molecule has 36 heavy (non-hydrogen) atoms. The number of aromatic nitrogens is 4. The highest BCUT2D eigenvalue weighted by atomic mass is 19.1. The van der Waals surface area contributed by atoms with E-state index in [2.05, 4.69) is 10.1 Å². The molecular formula is C25H23F2N5O4. The van der Waals surface area contributed by atoms with Gasteiger partial charge in [0.1, 0.15) is 17.5 Å². The number of ether oxygens (including phenoxy) is 1. The Morgan fingerprint density at radius 1 is 1.14 bits per heavy atom. The fraction of sp³-hybridized carbons (Fsp3) is 0.280. The number of piperidine rings is 1. The second-order valence-corrected chi connectivity index (χ2v) is 8.81. The van der Waals surface area contributed by atoms with Crippen LogP contribution in [0.15, 0.2) is 59.8 Å². The number of fused-ring (bicyclic) bond motifs is 1. The molecule has 1 aliphatic rings. The average Bonchev–Trinajstić information content (AvgIpc) is 3.31. The van der Waals surface area contributed by atoms with Crippen molar-refractivity contribution in [2.45, 2.75) is 25.0 Å². The number of rotatable bonds is 5. The fourth-order valence-corrected chi connectivity index (χ4v) is 4.42. The van der Waals surface area contributed by atoms with Crippen LogP contribution in [-0.4, -0.2) is 61.0 Å². The number of carbonyl (C=O) groups excluding carboxylic acids is 1. The van der Waals surface area contributed by atoms with E-state index in [0.29, 0.717) is 11.3 Å². The van der Waals surface area contributed by atoms with E-state index in [1.165, 1.54) is 65.3 Å². The van der Waals surface area contributed by atoms with E-state index in [1.807, 2.05) is 0 Å². The SMILES string of the molecule is COc1ccc(C(=O)N2CCC(O)(Cn3cnc4c(cnn4-c4ccc(F)cc4)c3=O)CC2)cc1F. The first-order chi connectivity index (χ1) is 17.3. The molecule has 0 spiro atoms. The maximum absolute atomic E-state index is 14.0. The van der Waals surface area contributed by atoms with Gasteiger partial charge in [-0.2, -0.15) is 5.10 Å². The summed E-state index contributed by atoms with van der Waals surface area (Å²) in [5.41, 5.74) is -0.518. The van der Waals surface area contributed by atoms with E-state index in [1.54, 1.807) is 4.90 Å². The number of hydrogen-bond donors (Lipinski definition) is 1. The molecule has 3 heterocycles. The van der Waals surface area contributed by atoms with Crippen molar-refractivity contribution in [3.05, 3.63) is 82.5 Å². The van der Waals surface area contributed by atoms with Crippen LogP contribution in [0.2, 0.25) is 0 Å². The maximum atomic E-state index is 14.0. The number of amides is 1. The molecule has 1 aliphatic heterocycles. The lowest BCUT2D eigenvalue weighted by molar-refractivity contribution is -0.0299. The summed E-state index contributed by atoms with van der Waals surface area (Å²) in [6.45, 7) is 0.488. The van der Waals surface area contributed by atoms with Gasteiger partial charge in [0.15, 0.2) is 17.2 Å². The second-order valence-electron chi connectivity index (χ2n) is 8.81. The molecule has 0 bridgehead atoms. The molecule has 2 aromatic heterocycles. The van der Waals surface area contributed by atoms with Crippen LogP contribution in [0.25, 0.3) is 16.7 Å². The molecule has 1 N–H and O–H groups in total. The van der Waals surface area contributed by atoms with Crippen molar-refractivity contribution in [1.82, 2.24) is 24.2 Å². The highest BCUT2D eigenvalue weighted by Gasteiger charge is 2.35. The van der Waals surface area contributed by atoms with Crippen molar-refractivity contribution in [3.8, 4) is 11.4 Å². The van der Waals surface area contributed by atoms with Gasteiger partial charge in [0.2, 0.25) is 0 Å². The van der Waals surface area contributed by atoms with Crippen LogP contribution >= 0.6 is 0 Å². The Morgan fingerprint density at radius 2 is 1.86 bits per heavy atom. The summed E-state index contributed by atoms with van der Waals surface area (Å²) in [7, 11) is 1.35. The van der Waals surface area contributed by atoms with Crippen molar-refractivity contribution >= 4 is 16.9 Å². The Kier molecular flexibility index (Phi) is 6.00. The topological polar surface area (TPSA) is 102 Å². The second kappa shape index (κ2) is 9.15. The molecule has 1 saturated heterocycles. The minimum absolute atomic E-state index is 0.00427. The van der Waals surface area contributed by atoms with Crippen LogP contribution in [-0.2, 0) is 6.54 Å². The molecular weight excluding hydrogens is 472 g/mol. The van der Waals surface area contributed by atoms with Crippen LogP contribution < -0.4 is 10.3 Å². The molecule has 0 saturated carbocycles. The lowest BCUT2D eigenvalue weighted by Crippen LogP contribution is -2.49. The zero-order valence-corrected chi connectivity index (χ0v) is 19.4. The van der Waals surface area contributed by atoms with Crippen molar-refractivity contribution in [2.24, 2.45) is 0 Å². The summed E-state index contributed by atoms with van der Waals surface area (Å²) in [6, 6.07) is 9.69. The first kappa shape index (κ1) is 23.6. The lowest BCUT2D eigenvalue weighted by Gasteiger charge is -2.38. The van der Waals surface area contributed by atoms with E-state index < -0.39 is 11.4 Å². The highest BCUT2D eigenvalue weighted by molar-refractivity contribution is 5.94. The van der Waals surface area contributed by atoms with E-state index >= 15 is 0 Å². The van der Waals surface area contributed by atoms with Gasteiger partial charge in [0.05, 0.1) is 31.1 Å². The lowest BCUT2D eigenvalue weighted by atomic mass is 9.91. The van der Waals surface area contributed by atoms with Crippen molar-refractivity contribution < 1.29 is 23.4 Å². The summed E-state index contributed by atoms with van der Waals surface area (Å²) >= 11 is 0. The smallest absolute Gasteiger partial charge is 0.264 e. The molecule has 0 unspecified atom stereocenters. The molecule has 0 radical (unpaired) electrons. The van der Waals surface area contributed by atoms with Gasteiger partial charge in [0, 0.05) is 18.7 Å². The molecule has 2 aromatic carbocycles. The summed E-state index contributed by atoms with van der Waals surface area (Å²) in [6.07, 6.45) is 3.21. The van der Waals surface area contributed by atoms with E-state index in [0.717, 1.165) is 6.07 Å². The third kappa shape index (κ3) is 4.33. The van der Waals surface area contributed by atoms with Gasteiger partial charge < -0.3 is 14.7 Å². The molecule has 5 rings (SSSR count). The molecule has 9 nitrogen and oxygen atoms in total. The number of carbonyl (C=O) groups is 1. The van der Waals surface area contributed by atoms with Gasteiger partial charge in [-0.1, -0.05) is 0 Å². The third-order valence-electron chi connectivity index (χ3n) is 6.47. The van der Waals surface area contributed by atoms with Gasteiger partial charge in [-0.25, -0.2) is 18.4 Å². The van der Waals surface area contributed by atoms with Crippen LogP contribution in [0.1, 0.15) is 23.2 Å². The molecule has 1 fully saturated rings. The Labute approximate surface area is 204 Å². The molecule has 4 aromatic rings. The first-order valence-electron chi connectivity index (χ1n) is 11.3. The van der Waals surface area contributed by atoms with Crippen LogP contribution in [0.5, 0.6) is 5.75 Å². The number of halogens is 2. The number of benzene rings is 2. The maximum Gasteiger partial charge on any atom is 0.264 e. The molecule has 1 amide bonds. The molecule has 0 atom stereocenters. The number of likely N-dealkylation sites (tertiary alicyclic amines) is 1. The number of hydrogen-bond acceptors (Lipinski definition) is 6. The monoisotopic (exact) mass is 495 g/mol. The zero-order valence-electron chi connectivity index (χ0n) is 19.4. The minimum Gasteiger partial charge on any atom is -0.494 e. The van der Waals surface area contributed by atoms with E-state index in [9.17, 15) is 23.5 Å². The van der Waals surface area contributed by atoms with Gasteiger partial charge in [-0.15, -0.1) is 0 Å². The predicted octanol–water partition coefficient (Wildman–Crippen LogP) is 2.54. The summed E-state index contributed by atoms with van der Waals surface area (Å²) in [4.78, 5) is 31.8. The summed E-state index contributed by atoms with van der Waals surface area (Å²) in [5, 5.41) is 15.6. The van der Waals surface area contributed by atoms with Gasteiger partial charge >= 0.3 is 0 Å². The largest absolute Gasteiger partial charge is 0.494 e. The van der Waals surface area contributed by atoms with Crippen LogP contribution in [0.4, 0.5) is 8.78 Å². The van der Waals surface area contributed by atoms with Gasteiger partial charge in [-0.3, -0.25) is 14.2 Å². The Balaban J connectivity index is 1.30. The van der Waals surface area contributed by atoms with Gasteiger partial charge in [0.25, 0.3) is 11.5 Å². The van der Waals surface area contributed by atoms with Crippen molar-refractivity contribution in [1.29, 1.82) is 0 Å². The predicted molar refractivity (Wildman–Crippen MR) is 126 cm³/mol. The Bertz CT molecular complexity index is 1490. The molecule has 11 heteroatoms. The van der Waals surface area contributed by atoms with E-state index in [4.69, 9.17) is 4.74 Å². The fourth-order valence-electron chi connectivity index (χ4n) is 4.42. The highest BCUT2D eigenvalue weighted by Crippen LogP contribution is 2.26. The summed E-state index contributed by atoms with van der Waals surface area (Å²) < 4.78 is 34.9. The standard InChI is InChI=1S/C25H23F2N5O4/c1-36-21-7-2-16(12-20(21)27)23(33)30-10-8-25(35,9-11-30)14-31-15-28-22-19(24(31)34)13-29-32(22)18-5-3-17(26)4-6-18/h2-7,12-13,15,35H,8-11,14H2,1H3. The minimum atomic E-state index is -1.23. The third-order valence-corrected chi connectivity index (χ3v) is 6.47. The quantitative estimate of drug-likeness (QED) is 0.457. The molecule has 0 aliphatic carbocycles.